The molecular weight excluding hydrogens is 164 g/mol. The van der Waals surface area contributed by atoms with Crippen molar-refractivity contribution in [3.63, 3.8) is 0 Å². The number of hydrogen-bond donors (Lipinski definition) is 2. The van der Waals surface area contributed by atoms with Gasteiger partial charge in [-0.3, -0.25) is 0 Å². The summed E-state index contributed by atoms with van der Waals surface area (Å²) in [5.41, 5.74) is 0.991. The lowest BCUT2D eigenvalue weighted by Crippen LogP contribution is -2.17. The lowest BCUT2D eigenvalue weighted by Gasteiger charge is -2.17. The van der Waals surface area contributed by atoms with Gasteiger partial charge in [-0.05, 0) is 5.56 Å². The van der Waals surface area contributed by atoms with Crippen LogP contribution in [0.3, 0.4) is 0 Å². The maximum Gasteiger partial charge on any atom is 0.117 e. The smallest absolute Gasteiger partial charge is 0.117 e. The van der Waals surface area contributed by atoms with Crippen molar-refractivity contribution in [3.05, 3.63) is 48.2 Å². The molecule has 1 aromatic rings. The van der Waals surface area contributed by atoms with Crippen LogP contribution in [0, 0.1) is 0 Å². The molecule has 0 aromatic heterocycles. The first kappa shape index (κ1) is 9.81. The van der Waals surface area contributed by atoms with E-state index in [-0.39, 0.29) is 11.7 Å². The van der Waals surface area contributed by atoms with E-state index < -0.39 is 6.10 Å². The van der Waals surface area contributed by atoms with Crippen LogP contribution in [0.15, 0.2) is 42.7 Å². The number of benzene rings is 1. The molecule has 1 aromatic carbocycles. The second-order valence-electron chi connectivity index (χ2n) is 3.14. The van der Waals surface area contributed by atoms with Crippen molar-refractivity contribution >= 4 is 0 Å². The van der Waals surface area contributed by atoms with Crippen molar-refractivity contribution in [2.24, 2.45) is 0 Å². The Morgan fingerprint density at radius 1 is 1.31 bits per heavy atom. The average Bonchev–Trinajstić information content (AvgIpc) is 2.17. The zero-order valence-electron chi connectivity index (χ0n) is 7.64. The van der Waals surface area contributed by atoms with Crippen LogP contribution < -0.4 is 0 Å². The minimum absolute atomic E-state index is 0.126. The predicted molar refractivity (Wildman–Crippen MR) is 52.6 cm³/mol. The van der Waals surface area contributed by atoms with Gasteiger partial charge in [0.25, 0.3) is 0 Å². The minimum Gasteiger partial charge on any atom is -0.510 e. The van der Waals surface area contributed by atoms with Gasteiger partial charge in [0.05, 0.1) is 0 Å². The number of aliphatic hydroxyl groups excluding tert-OH is 2. The summed E-state index contributed by atoms with van der Waals surface area (Å²) in [6.45, 7) is 5.16. The summed E-state index contributed by atoms with van der Waals surface area (Å²) in [6.07, 6.45) is -0.887. The summed E-state index contributed by atoms with van der Waals surface area (Å²) in [4.78, 5) is 0. The first-order valence-corrected chi connectivity index (χ1v) is 4.23. The van der Waals surface area contributed by atoms with E-state index in [0.29, 0.717) is 0 Å². The van der Waals surface area contributed by atoms with Crippen LogP contribution in [0.2, 0.25) is 0 Å². The van der Waals surface area contributed by atoms with Crippen molar-refractivity contribution in [2.45, 2.75) is 18.9 Å². The Kier molecular flexibility index (Phi) is 3.09. The van der Waals surface area contributed by atoms with Gasteiger partial charge in [0.2, 0.25) is 0 Å². The maximum absolute atomic E-state index is 9.50. The molecule has 1 rings (SSSR count). The van der Waals surface area contributed by atoms with E-state index >= 15 is 0 Å². The molecule has 2 N–H and O–H groups in total. The summed E-state index contributed by atoms with van der Waals surface area (Å²) in [5.74, 6) is -0.310. The number of aliphatic hydroxyl groups is 2. The molecule has 0 radical (unpaired) electrons. The van der Waals surface area contributed by atoms with Crippen LogP contribution in [-0.4, -0.2) is 16.3 Å². The Morgan fingerprint density at radius 3 is 2.31 bits per heavy atom. The third-order valence-corrected chi connectivity index (χ3v) is 2.14. The molecule has 0 amide bonds. The zero-order chi connectivity index (χ0) is 9.84. The predicted octanol–water partition coefficient (Wildman–Crippen LogP) is 2.22. The molecule has 0 aliphatic rings. The maximum atomic E-state index is 9.50. The van der Waals surface area contributed by atoms with Crippen LogP contribution in [0.1, 0.15) is 18.4 Å². The second kappa shape index (κ2) is 4.10. The Bertz CT molecular complexity index is 279. The summed E-state index contributed by atoms with van der Waals surface area (Å²) in [7, 11) is 0. The van der Waals surface area contributed by atoms with E-state index in [1.165, 1.54) is 0 Å². The molecule has 2 heteroatoms. The molecule has 0 heterocycles. The van der Waals surface area contributed by atoms with Gasteiger partial charge in [0.15, 0.2) is 0 Å². The molecule has 0 unspecified atom stereocenters. The highest BCUT2D eigenvalue weighted by Crippen LogP contribution is 2.21. The van der Waals surface area contributed by atoms with Gasteiger partial charge in [-0.2, -0.15) is 0 Å². The monoisotopic (exact) mass is 178 g/mol. The SMILES string of the molecule is C=C(O)[C@H](O)[C@@H](C)c1ccccc1. The fourth-order valence-corrected chi connectivity index (χ4v) is 1.23. The van der Waals surface area contributed by atoms with Crippen molar-refractivity contribution in [2.75, 3.05) is 0 Å². The Balaban J connectivity index is 2.79. The van der Waals surface area contributed by atoms with E-state index in [2.05, 4.69) is 6.58 Å². The van der Waals surface area contributed by atoms with Crippen LogP contribution in [0.25, 0.3) is 0 Å². The lowest BCUT2D eigenvalue weighted by atomic mass is 9.95. The molecule has 2 atom stereocenters. The molecule has 0 aliphatic heterocycles. The Morgan fingerprint density at radius 2 is 1.85 bits per heavy atom. The van der Waals surface area contributed by atoms with Crippen molar-refractivity contribution < 1.29 is 10.2 Å². The molecule has 2 nitrogen and oxygen atoms in total. The first-order valence-electron chi connectivity index (χ1n) is 4.23. The summed E-state index contributed by atoms with van der Waals surface area (Å²) in [6, 6.07) is 9.54. The molecular formula is C11H14O2. The van der Waals surface area contributed by atoms with Crippen LogP contribution in [0.5, 0.6) is 0 Å². The Hall–Kier alpha value is -1.28. The van der Waals surface area contributed by atoms with Crippen molar-refractivity contribution in [1.29, 1.82) is 0 Å². The largest absolute Gasteiger partial charge is 0.510 e. The Labute approximate surface area is 78.2 Å². The molecule has 13 heavy (non-hydrogen) atoms. The van der Waals surface area contributed by atoms with E-state index in [1.807, 2.05) is 37.3 Å². The highest BCUT2D eigenvalue weighted by molar-refractivity contribution is 5.21. The third kappa shape index (κ3) is 2.33. The van der Waals surface area contributed by atoms with E-state index in [4.69, 9.17) is 5.11 Å². The second-order valence-corrected chi connectivity index (χ2v) is 3.14. The van der Waals surface area contributed by atoms with Crippen LogP contribution in [0.4, 0.5) is 0 Å². The fraction of sp³-hybridized carbons (Fsp3) is 0.273. The highest BCUT2D eigenvalue weighted by atomic mass is 16.3. The standard InChI is InChI=1S/C11H14O2/c1-8(11(13)9(2)12)10-6-4-3-5-7-10/h3-8,11-13H,2H2,1H3/t8-,11+/m0/s1. The topological polar surface area (TPSA) is 40.5 Å². The zero-order valence-corrected chi connectivity index (χ0v) is 7.64. The van der Waals surface area contributed by atoms with E-state index in [9.17, 15) is 5.11 Å². The normalized spacial score (nSPS) is 14.9. The fourth-order valence-electron chi connectivity index (χ4n) is 1.23. The van der Waals surface area contributed by atoms with Gasteiger partial charge in [-0.25, -0.2) is 0 Å². The first-order chi connectivity index (χ1) is 6.13. The van der Waals surface area contributed by atoms with Gasteiger partial charge >= 0.3 is 0 Å². The summed E-state index contributed by atoms with van der Waals surface area (Å²) < 4.78 is 0. The van der Waals surface area contributed by atoms with Gasteiger partial charge in [-0.15, -0.1) is 0 Å². The third-order valence-electron chi connectivity index (χ3n) is 2.14. The average molecular weight is 178 g/mol. The summed E-state index contributed by atoms with van der Waals surface area (Å²) in [5, 5.41) is 18.5. The van der Waals surface area contributed by atoms with Gasteiger partial charge < -0.3 is 10.2 Å². The van der Waals surface area contributed by atoms with Gasteiger partial charge in [0.1, 0.15) is 11.9 Å². The minimum atomic E-state index is -0.887. The quantitative estimate of drug-likeness (QED) is 0.697. The van der Waals surface area contributed by atoms with Gasteiger partial charge in [0, 0.05) is 5.92 Å². The highest BCUT2D eigenvalue weighted by Gasteiger charge is 2.17. The molecule has 0 bridgehead atoms. The van der Waals surface area contributed by atoms with Crippen molar-refractivity contribution in [1.82, 2.24) is 0 Å². The van der Waals surface area contributed by atoms with Crippen LogP contribution in [-0.2, 0) is 0 Å². The molecule has 0 spiro atoms. The lowest BCUT2D eigenvalue weighted by molar-refractivity contribution is 0.133. The molecule has 0 saturated heterocycles. The van der Waals surface area contributed by atoms with Crippen molar-refractivity contribution in [3.8, 4) is 0 Å². The van der Waals surface area contributed by atoms with Crippen LogP contribution >= 0.6 is 0 Å². The number of hydrogen-bond acceptors (Lipinski definition) is 2. The molecule has 0 saturated carbocycles. The van der Waals surface area contributed by atoms with E-state index in [1.54, 1.807) is 0 Å². The van der Waals surface area contributed by atoms with Gasteiger partial charge in [-0.1, -0.05) is 43.8 Å². The molecule has 0 aliphatic carbocycles. The molecule has 70 valence electrons. The number of rotatable bonds is 3. The molecule has 0 fully saturated rings. The summed E-state index contributed by atoms with van der Waals surface area (Å²) >= 11 is 0. The van der Waals surface area contributed by atoms with E-state index in [0.717, 1.165) is 5.56 Å².